The smallest absolute Gasteiger partial charge is 0.213 e. The molecule has 1 aromatic heterocycles. The third-order valence-corrected chi connectivity index (χ3v) is 3.12. The normalized spacial score (nSPS) is 10.7. The zero-order valence-electron chi connectivity index (χ0n) is 9.85. The van der Waals surface area contributed by atoms with Crippen LogP contribution in [0.3, 0.4) is 0 Å². The van der Waals surface area contributed by atoms with Crippen LogP contribution in [0.4, 0.5) is 14.5 Å². The standard InChI is InChI=1S/C12H11BrF2N2O/c1-6-7(2)18-12(17-6)5-16-11-3-8(13)9(14)4-10(11)15/h3-4,16H,5H2,1-2H3. The van der Waals surface area contributed by atoms with Crippen molar-refractivity contribution in [3.63, 3.8) is 0 Å². The molecular formula is C12H11BrF2N2O. The number of rotatable bonds is 3. The second-order valence-corrected chi connectivity index (χ2v) is 4.70. The third-order valence-electron chi connectivity index (χ3n) is 2.51. The summed E-state index contributed by atoms with van der Waals surface area (Å²) in [6.45, 7) is 3.88. The SMILES string of the molecule is Cc1nc(CNc2cc(Br)c(F)cc2F)oc1C. The largest absolute Gasteiger partial charge is 0.444 e. The van der Waals surface area contributed by atoms with E-state index in [1.807, 2.05) is 6.92 Å². The minimum atomic E-state index is -0.657. The Morgan fingerprint density at radius 2 is 2.00 bits per heavy atom. The molecule has 96 valence electrons. The van der Waals surface area contributed by atoms with E-state index in [-0.39, 0.29) is 16.7 Å². The van der Waals surface area contributed by atoms with Gasteiger partial charge < -0.3 is 9.73 Å². The summed E-state index contributed by atoms with van der Waals surface area (Å²) < 4.78 is 32.0. The Bertz CT molecular complexity index is 564. The first-order valence-corrected chi connectivity index (χ1v) is 6.08. The second kappa shape index (κ2) is 5.06. The molecule has 1 heterocycles. The molecule has 2 rings (SSSR count). The summed E-state index contributed by atoms with van der Waals surface area (Å²) in [6.07, 6.45) is 0. The quantitative estimate of drug-likeness (QED) is 0.871. The Balaban J connectivity index is 2.13. The number of nitrogens with zero attached hydrogens (tertiary/aromatic N) is 1. The molecule has 0 aliphatic rings. The van der Waals surface area contributed by atoms with Crippen molar-refractivity contribution in [3.8, 4) is 0 Å². The Hall–Kier alpha value is -1.43. The Labute approximate surface area is 111 Å². The molecule has 3 nitrogen and oxygen atoms in total. The van der Waals surface area contributed by atoms with Crippen LogP contribution in [-0.4, -0.2) is 4.98 Å². The number of aromatic nitrogens is 1. The number of halogens is 3. The van der Waals surface area contributed by atoms with E-state index in [1.54, 1.807) is 6.92 Å². The fourth-order valence-electron chi connectivity index (χ4n) is 1.44. The van der Waals surface area contributed by atoms with E-state index in [2.05, 4.69) is 26.2 Å². The third kappa shape index (κ3) is 2.69. The van der Waals surface area contributed by atoms with Crippen molar-refractivity contribution >= 4 is 21.6 Å². The minimum Gasteiger partial charge on any atom is -0.444 e. The van der Waals surface area contributed by atoms with Crippen molar-refractivity contribution in [2.24, 2.45) is 0 Å². The fourth-order valence-corrected chi connectivity index (χ4v) is 1.79. The number of aryl methyl sites for hydroxylation is 2. The number of nitrogens with one attached hydrogen (secondary N) is 1. The monoisotopic (exact) mass is 316 g/mol. The predicted molar refractivity (Wildman–Crippen MR) is 67.4 cm³/mol. The summed E-state index contributed by atoms with van der Waals surface area (Å²) in [5.41, 5.74) is 0.990. The topological polar surface area (TPSA) is 38.1 Å². The van der Waals surface area contributed by atoms with Crippen molar-refractivity contribution in [1.29, 1.82) is 0 Å². The van der Waals surface area contributed by atoms with Crippen LogP contribution in [0, 0.1) is 25.5 Å². The lowest BCUT2D eigenvalue weighted by molar-refractivity contribution is 0.477. The number of benzene rings is 1. The van der Waals surface area contributed by atoms with Gasteiger partial charge in [0.25, 0.3) is 0 Å². The first-order valence-electron chi connectivity index (χ1n) is 5.28. The molecule has 18 heavy (non-hydrogen) atoms. The van der Waals surface area contributed by atoms with Crippen LogP contribution >= 0.6 is 15.9 Å². The molecule has 0 saturated heterocycles. The summed E-state index contributed by atoms with van der Waals surface area (Å²) in [5.74, 6) is -0.103. The fraction of sp³-hybridized carbons (Fsp3) is 0.250. The second-order valence-electron chi connectivity index (χ2n) is 3.85. The summed E-state index contributed by atoms with van der Waals surface area (Å²) in [6, 6.07) is 2.16. The lowest BCUT2D eigenvalue weighted by Gasteiger charge is -2.06. The van der Waals surface area contributed by atoms with E-state index in [0.29, 0.717) is 5.89 Å². The van der Waals surface area contributed by atoms with Gasteiger partial charge in [-0.25, -0.2) is 13.8 Å². The first kappa shape index (κ1) is 13.0. The van der Waals surface area contributed by atoms with Gasteiger partial charge in [0.1, 0.15) is 17.4 Å². The van der Waals surface area contributed by atoms with Crippen LogP contribution in [0.25, 0.3) is 0 Å². The van der Waals surface area contributed by atoms with E-state index < -0.39 is 11.6 Å². The Morgan fingerprint density at radius 1 is 1.28 bits per heavy atom. The number of hydrogen-bond acceptors (Lipinski definition) is 3. The molecule has 0 spiro atoms. The van der Waals surface area contributed by atoms with Crippen LogP contribution in [0.2, 0.25) is 0 Å². The molecule has 0 aliphatic carbocycles. The summed E-state index contributed by atoms with van der Waals surface area (Å²) in [4.78, 5) is 4.16. The van der Waals surface area contributed by atoms with Gasteiger partial charge in [-0.05, 0) is 35.8 Å². The first-order chi connectivity index (χ1) is 8.47. The van der Waals surface area contributed by atoms with Gasteiger partial charge in [-0.1, -0.05) is 0 Å². The maximum atomic E-state index is 13.4. The molecule has 0 unspecified atom stereocenters. The van der Waals surface area contributed by atoms with Crippen molar-refractivity contribution in [3.05, 3.63) is 45.6 Å². The average Bonchev–Trinajstić information content (AvgIpc) is 2.62. The average molecular weight is 317 g/mol. The predicted octanol–water partition coefficient (Wildman–Crippen LogP) is 3.94. The van der Waals surface area contributed by atoms with Gasteiger partial charge in [-0.3, -0.25) is 0 Å². The van der Waals surface area contributed by atoms with Crippen molar-refractivity contribution < 1.29 is 13.2 Å². The zero-order valence-corrected chi connectivity index (χ0v) is 11.4. The van der Waals surface area contributed by atoms with E-state index in [4.69, 9.17) is 4.42 Å². The number of anilines is 1. The van der Waals surface area contributed by atoms with Crippen LogP contribution < -0.4 is 5.32 Å². The highest BCUT2D eigenvalue weighted by Gasteiger charge is 2.10. The molecule has 2 aromatic rings. The molecule has 0 aliphatic heterocycles. The van der Waals surface area contributed by atoms with Crippen molar-refractivity contribution in [2.75, 3.05) is 5.32 Å². The molecule has 0 amide bonds. The van der Waals surface area contributed by atoms with Gasteiger partial charge in [-0.2, -0.15) is 0 Å². The van der Waals surface area contributed by atoms with Gasteiger partial charge in [0, 0.05) is 6.07 Å². The number of oxazole rings is 1. The molecule has 0 atom stereocenters. The highest BCUT2D eigenvalue weighted by molar-refractivity contribution is 9.10. The van der Waals surface area contributed by atoms with E-state index in [9.17, 15) is 8.78 Å². The van der Waals surface area contributed by atoms with Gasteiger partial charge in [0.05, 0.1) is 22.4 Å². The molecule has 1 N–H and O–H groups in total. The molecular weight excluding hydrogens is 306 g/mol. The van der Waals surface area contributed by atoms with Gasteiger partial charge in [0.15, 0.2) is 0 Å². The molecule has 0 radical (unpaired) electrons. The lowest BCUT2D eigenvalue weighted by atomic mass is 10.3. The van der Waals surface area contributed by atoms with E-state index in [1.165, 1.54) is 6.07 Å². The van der Waals surface area contributed by atoms with Gasteiger partial charge in [0.2, 0.25) is 5.89 Å². The van der Waals surface area contributed by atoms with Crippen LogP contribution in [0.1, 0.15) is 17.3 Å². The van der Waals surface area contributed by atoms with Crippen LogP contribution in [0.5, 0.6) is 0 Å². The molecule has 0 fully saturated rings. The summed E-state index contributed by atoms with van der Waals surface area (Å²) in [5, 5.41) is 2.81. The van der Waals surface area contributed by atoms with E-state index >= 15 is 0 Å². The number of hydrogen-bond donors (Lipinski definition) is 1. The highest BCUT2D eigenvalue weighted by Crippen LogP contribution is 2.24. The van der Waals surface area contributed by atoms with Crippen molar-refractivity contribution in [1.82, 2.24) is 4.98 Å². The molecule has 0 bridgehead atoms. The lowest BCUT2D eigenvalue weighted by Crippen LogP contribution is -2.02. The minimum absolute atomic E-state index is 0.191. The highest BCUT2D eigenvalue weighted by atomic mass is 79.9. The van der Waals surface area contributed by atoms with Gasteiger partial charge >= 0.3 is 0 Å². The molecule has 6 heteroatoms. The summed E-state index contributed by atoms with van der Waals surface area (Å²) >= 11 is 3.00. The molecule has 0 saturated carbocycles. The van der Waals surface area contributed by atoms with Crippen molar-refractivity contribution in [2.45, 2.75) is 20.4 Å². The van der Waals surface area contributed by atoms with E-state index in [0.717, 1.165) is 17.5 Å². The van der Waals surface area contributed by atoms with Crippen LogP contribution in [-0.2, 0) is 6.54 Å². The van der Waals surface area contributed by atoms with Gasteiger partial charge in [-0.15, -0.1) is 0 Å². The Kier molecular flexibility index (Phi) is 3.65. The maximum absolute atomic E-state index is 13.4. The Morgan fingerprint density at radius 3 is 2.61 bits per heavy atom. The molecule has 1 aromatic carbocycles. The maximum Gasteiger partial charge on any atom is 0.213 e. The summed E-state index contributed by atoms with van der Waals surface area (Å²) in [7, 11) is 0. The van der Waals surface area contributed by atoms with Crippen LogP contribution in [0.15, 0.2) is 21.0 Å². The zero-order chi connectivity index (χ0) is 13.3.